The summed E-state index contributed by atoms with van der Waals surface area (Å²) < 4.78 is 1.03. The summed E-state index contributed by atoms with van der Waals surface area (Å²) in [5, 5.41) is 12.4. The first-order valence-corrected chi connectivity index (χ1v) is 7.58. The van der Waals surface area contributed by atoms with E-state index in [-0.39, 0.29) is 0 Å². The van der Waals surface area contributed by atoms with Crippen molar-refractivity contribution in [1.82, 2.24) is 0 Å². The van der Waals surface area contributed by atoms with Crippen LogP contribution < -0.4 is 5.32 Å². The van der Waals surface area contributed by atoms with Crippen molar-refractivity contribution < 1.29 is 9.90 Å². The standard InChI is InChI=1S/C17H18BrNO2/c1-11-3-8-15(18)16(9-11)19-10-13-4-6-14(7-5-13)12(2)17(20)21/h3-9,12,19H,10H2,1-2H3,(H,20,21). The summed E-state index contributed by atoms with van der Waals surface area (Å²) in [5.74, 6) is -1.28. The van der Waals surface area contributed by atoms with E-state index in [0.29, 0.717) is 6.54 Å². The average Bonchev–Trinajstić information content (AvgIpc) is 2.48. The molecule has 2 N–H and O–H groups in total. The largest absolute Gasteiger partial charge is 0.481 e. The molecule has 0 amide bonds. The van der Waals surface area contributed by atoms with Crippen LogP contribution in [0.4, 0.5) is 5.69 Å². The Labute approximate surface area is 133 Å². The maximum absolute atomic E-state index is 10.9. The van der Waals surface area contributed by atoms with E-state index in [0.717, 1.165) is 21.3 Å². The molecule has 2 aromatic rings. The van der Waals surface area contributed by atoms with Crippen molar-refractivity contribution in [2.24, 2.45) is 0 Å². The van der Waals surface area contributed by atoms with Gasteiger partial charge >= 0.3 is 5.97 Å². The third-order valence-electron chi connectivity index (χ3n) is 3.45. The zero-order chi connectivity index (χ0) is 15.4. The first-order chi connectivity index (χ1) is 9.97. The van der Waals surface area contributed by atoms with Gasteiger partial charge in [-0.2, -0.15) is 0 Å². The summed E-state index contributed by atoms with van der Waals surface area (Å²) in [6.45, 7) is 4.45. The fourth-order valence-electron chi connectivity index (χ4n) is 2.04. The van der Waals surface area contributed by atoms with Gasteiger partial charge in [0.1, 0.15) is 0 Å². The number of benzene rings is 2. The molecule has 0 heterocycles. The molecule has 2 rings (SSSR count). The van der Waals surface area contributed by atoms with Crippen LogP contribution in [0.15, 0.2) is 46.9 Å². The van der Waals surface area contributed by atoms with E-state index in [2.05, 4.69) is 40.3 Å². The molecule has 0 radical (unpaired) electrons. The normalized spacial score (nSPS) is 12.0. The SMILES string of the molecule is Cc1ccc(Br)c(NCc2ccc(C(C)C(=O)O)cc2)c1. The summed E-state index contributed by atoms with van der Waals surface area (Å²) in [4.78, 5) is 10.9. The summed E-state index contributed by atoms with van der Waals surface area (Å²) >= 11 is 3.52. The van der Waals surface area contributed by atoms with Crippen LogP contribution in [0.2, 0.25) is 0 Å². The zero-order valence-electron chi connectivity index (χ0n) is 12.1. The van der Waals surface area contributed by atoms with Crippen LogP contribution in [-0.2, 0) is 11.3 Å². The van der Waals surface area contributed by atoms with Gasteiger partial charge in [-0.25, -0.2) is 0 Å². The first-order valence-electron chi connectivity index (χ1n) is 6.79. The van der Waals surface area contributed by atoms with E-state index < -0.39 is 11.9 Å². The smallest absolute Gasteiger partial charge is 0.310 e. The minimum Gasteiger partial charge on any atom is -0.481 e. The van der Waals surface area contributed by atoms with Crippen molar-refractivity contribution >= 4 is 27.6 Å². The van der Waals surface area contributed by atoms with E-state index in [4.69, 9.17) is 5.11 Å². The molecule has 0 saturated carbocycles. The molecule has 0 aliphatic rings. The molecular formula is C17H18BrNO2. The highest BCUT2D eigenvalue weighted by atomic mass is 79.9. The highest BCUT2D eigenvalue weighted by molar-refractivity contribution is 9.10. The van der Waals surface area contributed by atoms with Crippen molar-refractivity contribution in [3.8, 4) is 0 Å². The van der Waals surface area contributed by atoms with Crippen molar-refractivity contribution in [1.29, 1.82) is 0 Å². The Balaban J connectivity index is 2.04. The van der Waals surface area contributed by atoms with Crippen molar-refractivity contribution in [3.05, 3.63) is 63.6 Å². The molecule has 4 heteroatoms. The molecule has 3 nitrogen and oxygen atoms in total. The zero-order valence-corrected chi connectivity index (χ0v) is 13.6. The number of carbonyl (C=O) groups is 1. The third kappa shape index (κ3) is 4.08. The molecule has 0 bridgehead atoms. The second-order valence-corrected chi connectivity index (χ2v) is 5.99. The molecule has 2 aromatic carbocycles. The number of rotatable bonds is 5. The van der Waals surface area contributed by atoms with Crippen LogP contribution in [0, 0.1) is 6.92 Å². The van der Waals surface area contributed by atoms with Crippen molar-refractivity contribution in [3.63, 3.8) is 0 Å². The Morgan fingerprint density at radius 1 is 1.24 bits per heavy atom. The number of hydrogen-bond donors (Lipinski definition) is 2. The Bertz CT molecular complexity index is 638. The maximum Gasteiger partial charge on any atom is 0.310 e. The lowest BCUT2D eigenvalue weighted by atomic mass is 10.00. The summed E-state index contributed by atoms with van der Waals surface area (Å²) in [6, 6.07) is 13.8. The number of hydrogen-bond acceptors (Lipinski definition) is 2. The van der Waals surface area contributed by atoms with Crippen molar-refractivity contribution in [2.45, 2.75) is 26.3 Å². The van der Waals surface area contributed by atoms with Gasteiger partial charge in [0.05, 0.1) is 5.92 Å². The third-order valence-corrected chi connectivity index (χ3v) is 4.15. The molecular weight excluding hydrogens is 330 g/mol. The Morgan fingerprint density at radius 2 is 1.90 bits per heavy atom. The number of aryl methyl sites for hydroxylation is 1. The number of anilines is 1. The van der Waals surface area contributed by atoms with Gasteiger partial charge in [-0.05, 0) is 58.6 Å². The Morgan fingerprint density at radius 3 is 2.52 bits per heavy atom. The maximum atomic E-state index is 10.9. The van der Waals surface area contributed by atoms with Crippen LogP contribution in [0.5, 0.6) is 0 Å². The fourth-order valence-corrected chi connectivity index (χ4v) is 2.43. The van der Waals surface area contributed by atoms with Gasteiger partial charge in [-0.15, -0.1) is 0 Å². The van der Waals surface area contributed by atoms with Gasteiger partial charge in [-0.1, -0.05) is 30.3 Å². The van der Waals surface area contributed by atoms with Gasteiger partial charge in [0, 0.05) is 16.7 Å². The number of halogens is 1. The van der Waals surface area contributed by atoms with E-state index in [1.54, 1.807) is 6.92 Å². The predicted octanol–water partition coefficient (Wildman–Crippen LogP) is 4.56. The monoisotopic (exact) mass is 347 g/mol. The second kappa shape index (κ2) is 6.76. The van der Waals surface area contributed by atoms with Gasteiger partial charge in [-0.3, -0.25) is 4.79 Å². The lowest BCUT2D eigenvalue weighted by Crippen LogP contribution is -2.07. The van der Waals surface area contributed by atoms with Gasteiger partial charge in [0.25, 0.3) is 0 Å². The Kier molecular flexibility index (Phi) is 5.02. The van der Waals surface area contributed by atoms with Crippen LogP contribution in [0.25, 0.3) is 0 Å². The predicted molar refractivity (Wildman–Crippen MR) is 88.7 cm³/mol. The second-order valence-electron chi connectivity index (χ2n) is 5.14. The first kappa shape index (κ1) is 15.6. The molecule has 0 saturated heterocycles. The number of aliphatic carboxylic acids is 1. The van der Waals surface area contributed by atoms with E-state index >= 15 is 0 Å². The van der Waals surface area contributed by atoms with Crippen LogP contribution >= 0.6 is 15.9 Å². The highest BCUT2D eigenvalue weighted by Crippen LogP contribution is 2.24. The average molecular weight is 348 g/mol. The summed E-state index contributed by atoms with van der Waals surface area (Å²) in [7, 11) is 0. The lowest BCUT2D eigenvalue weighted by molar-refractivity contribution is -0.138. The van der Waals surface area contributed by atoms with Gasteiger partial charge in [0.15, 0.2) is 0 Å². The quantitative estimate of drug-likeness (QED) is 0.833. The lowest BCUT2D eigenvalue weighted by Gasteiger charge is -2.11. The molecule has 110 valence electrons. The highest BCUT2D eigenvalue weighted by Gasteiger charge is 2.12. The van der Waals surface area contributed by atoms with E-state index in [9.17, 15) is 4.79 Å². The van der Waals surface area contributed by atoms with Crippen LogP contribution in [0.3, 0.4) is 0 Å². The molecule has 0 aromatic heterocycles. The Hall–Kier alpha value is -1.81. The van der Waals surface area contributed by atoms with E-state index in [1.807, 2.05) is 30.3 Å². The number of carboxylic acids is 1. The van der Waals surface area contributed by atoms with Gasteiger partial charge in [0.2, 0.25) is 0 Å². The molecule has 0 spiro atoms. The summed E-state index contributed by atoms with van der Waals surface area (Å²) in [6.07, 6.45) is 0. The summed E-state index contributed by atoms with van der Waals surface area (Å²) in [5.41, 5.74) is 4.19. The molecule has 1 atom stereocenters. The minimum atomic E-state index is -0.801. The van der Waals surface area contributed by atoms with Crippen molar-refractivity contribution in [2.75, 3.05) is 5.32 Å². The molecule has 0 fully saturated rings. The molecule has 0 aliphatic heterocycles. The molecule has 21 heavy (non-hydrogen) atoms. The fraction of sp³-hybridized carbons (Fsp3) is 0.235. The van der Waals surface area contributed by atoms with Crippen LogP contribution in [-0.4, -0.2) is 11.1 Å². The molecule has 1 unspecified atom stereocenters. The van der Waals surface area contributed by atoms with Gasteiger partial charge < -0.3 is 10.4 Å². The molecule has 0 aliphatic carbocycles. The minimum absolute atomic E-state index is 0.474. The number of carboxylic acid groups (broad SMARTS) is 1. The van der Waals surface area contributed by atoms with Crippen LogP contribution in [0.1, 0.15) is 29.5 Å². The topological polar surface area (TPSA) is 49.3 Å². The number of nitrogens with one attached hydrogen (secondary N) is 1. The van der Waals surface area contributed by atoms with E-state index in [1.165, 1.54) is 5.56 Å².